The Hall–Kier alpha value is -1.74. The van der Waals surface area contributed by atoms with Gasteiger partial charge < -0.3 is 9.26 Å². The standard InChI is InChI=1S/C19H25N3O4S/c1-14-4-2-3-5-19(14)27(23,24)21-15-6-7-18-16(12-15)17(20-26-18)13-22-8-10-25-11-9-22/h2-5,15,21H,6-13H2,1H3. The summed E-state index contributed by atoms with van der Waals surface area (Å²) >= 11 is 0. The van der Waals surface area contributed by atoms with Crippen molar-refractivity contribution >= 4 is 10.0 Å². The van der Waals surface area contributed by atoms with Crippen LogP contribution in [0.4, 0.5) is 0 Å². The molecule has 146 valence electrons. The van der Waals surface area contributed by atoms with Crippen LogP contribution in [0.1, 0.15) is 29.0 Å². The van der Waals surface area contributed by atoms with Gasteiger partial charge in [0.25, 0.3) is 0 Å². The summed E-state index contributed by atoms with van der Waals surface area (Å²) in [5.74, 6) is 0.893. The van der Waals surface area contributed by atoms with Crippen molar-refractivity contribution in [2.75, 3.05) is 26.3 Å². The summed E-state index contributed by atoms with van der Waals surface area (Å²) in [6.07, 6.45) is 2.03. The normalized spacial score (nSPS) is 21.1. The molecule has 1 fully saturated rings. The predicted octanol–water partition coefficient (Wildman–Crippen LogP) is 1.65. The molecule has 2 heterocycles. The molecule has 27 heavy (non-hydrogen) atoms. The predicted molar refractivity (Wildman–Crippen MR) is 99.9 cm³/mol. The second kappa shape index (κ2) is 7.71. The Morgan fingerprint density at radius 1 is 1.26 bits per heavy atom. The number of nitrogens with one attached hydrogen (secondary N) is 1. The van der Waals surface area contributed by atoms with Crippen molar-refractivity contribution in [3.63, 3.8) is 0 Å². The lowest BCUT2D eigenvalue weighted by Gasteiger charge is -2.27. The fraction of sp³-hybridized carbons (Fsp3) is 0.526. The van der Waals surface area contributed by atoms with Gasteiger partial charge in [-0.1, -0.05) is 23.4 Å². The van der Waals surface area contributed by atoms with E-state index in [2.05, 4.69) is 14.8 Å². The zero-order chi connectivity index (χ0) is 18.9. The smallest absolute Gasteiger partial charge is 0.241 e. The number of aryl methyl sites for hydroxylation is 2. The van der Waals surface area contributed by atoms with E-state index in [4.69, 9.17) is 9.26 Å². The van der Waals surface area contributed by atoms with Crippen molar-refractivity contribution in [2.45, 2.75) is 43.7 Å². The fourth-order valence-electron chi connectivity index (χ4n) is 3.80. The summed E-state index contributed by atoms with van der Waals surface area (Å²) in [5.41, 5.74) is 2.73. The van der Waals surface area contributed by atoms with Crippen molar-refractivity contribution < 1.29 is 17.7 Å². The van der Waals surface area contributed by atoms with Crippen molar-refractivity contribution in [1.29, 1.82) is 0 Å². The molecule has 1 unspecified atom stereocenters. The number of morpholine rings is 1. The first kappa shape index (κ1) is 18.6. The zero-order valence-corrected chi connectivity index (χ0v) is 16.3. The maximum atomic E-state index is 12.8. The number of aromatic nitrogens is 1. The van der Waals surface area contributed by atoms with Crippen LogP contribution in [0, 0.1) is 6.92 Å². The number of rotatable bonds is 5. The fourth-order valence-corrected chi connectivity index (χ4v) is 5.32. The summed E-state index contributed by atoms with van der Waals surface area (Å²) < 4.78 is 39.4. The van der Waals surface area contributed by atoms with Gasteiger partial charge in [0, 0.05) is 37.7 Å². The molecule has 1 aliphatic carbocycles. The van der Waals surface area contributed by atoms with Gasteiger partial charge in [0.15, 0.2) is 0 Å². The third kappa shape index (κ3) is 4.08. The summed E-state index contributed by atoms with van der Waals surface area (Å²) in [4.78, 5) is 2.64. The molecule has 1 atom stereocenters. The van der Waals surface area contributed by atoms with Crippen LogP contribution in [-0.2, 0) is 34.1 Å². The highest BCUT2D eigenvalue weighted by Crippen LogP contribution is 2.27. The second-order valence-electron chi connectivity index (χ2n) is 7.25. The zero-order valence-electron chi connectivity index (χ0n) is 15.5. The Balaban J connectivity index is 1.48. The van der Waals surface area contributed by atoms with Gasteiger partial charge in [-0.3, -0.25) is 4.90 Å². The van der Waals surface area contributed by atoms with Crippen molar-refractivity contribution in [1.82, 2.24) is 14.8 Å². The molecule has 0 radical (unpaired) electrons. The highest BCUT2D eigenvalue weighted by Gasteiger charge is 2.30. The molecule has 1 N–H and O–H groups in total. The van der Waals surface area contributed by atoms with E-state index in [1.807, 2.05) is 19.1 Å². The van der Waals surface area contributed by atoms with Crippen LogP contribution >= 0.6 is 0 Å². The first-order valence-corrected chi connectivity index (χ1v) is 10.9. The maximum absolute atomic E-state index is 12.8. The van der Waals surface area contributed by atoms with Gasteiger partial charge in [-0.15, -0.1) is 0 Å². The number of benzene rings is 1. The van der Waals surface area contributed by atoms with Crippen LogP contribution in [0.3, 0.4) is 0 Å². The van der Waals surface area contributed by atoms with Crippen LogP contribution in [0.2, 0.25) is 0 Å². The van der Waals surface area contributed by atoms with Crippen molar-refractivity contribution in [3.05, 3.63) is 46.8 Å². The number of fused-ring (bicyclic) bond motifs is 1. The average Bonchev–Trinajstić information content (AvgIpc) is 3.05. The largest absolute Gasteiger partial charge is 0.379 e. The van der Waals surface area contributed by atoms with Crippen LogP contribution in [0.15, 0.2) is 33.7 Å². The molecule has 0 spiro atoms. The summed E-state index contributed by atoms with van der Waals surface area (Å²) in [6, 6.07) is 6.91. The summed E-state index contributed by atoms with van der Waals surface area (Å²) in [7, 11) is -3.54. The molecule has 1 aromatic heterocycles. The quantitative estimate of drug-likeness (QED) is 0.834. The molecule has 0 amide bonds. The SMILES string of the molecule is Cc1ccccc1S(=O)(=O)NC1CCc2onc(CN3CCOCC3)c2C1. The molecule has 1 saturated heterocycles. The van der Waals surface area contributed by atoms with E-state index in [-0.39, 0.29) is 6.04 Å². The minimum absolute atomic E-state index is 0.148. The Morgan fingerprint density at radius 3 is 2.81 bits per heavy atom. The molecule has 2 aromatic rings. The van der Waals surface area contributed by atoms with Gasteiger partial charge >= 0.3 is 0 Å². The van der Waals surface area contributed by atoms with E-state index < -0.39 is 10.0 Å². The third-order valence-corrected chi connectivity index (χ3v) is 6.98. The molecule has 0 bridgehead atoms. The first-order chi connectivity index (χ1) is 13.0. The van der Waals surface area contributed by atoms with E-state index in [1.54, 1.807) is 12.1 Å². The van der Waals surface area contributed by atoms with Crippen LogP contribution in [0.25, 0.3) is 0 Å². The van der Waals surface area contributed by atoms with E-state index >= 15 is 0 Å². The molecule has 0 saturated carbocycles. The van der Waals surface area contributed by atoms with Crippen LogP contribution < -0.4 is 4.72 Å². The molecular formula is C19H25N3O4S. The van der Waals surface area contributed by atoms with Gasteiger partial charge in [-0.25, -0.2) is 13.1 Å². The van der Waals surface area contributed by atoms with E-state index in [0.717, 1.165) is 55.4 Å². The molecule has 4 rings (SSSR count). The van der Waals surface area contributed by atoms with Crippen molar-refractivity contribution in [3.8, 4) is 0 Å². The maximum Gasteiger partial charge on any atom is 0.241 e. The van der Waals surface area contributed by atoms with E-state index in [1.165, 1.54) is 0 Å². The number of hydrogen-bond donors (Lipinski definition) is 1. The summed E-state index contributed by atoms with van der Waals surface area (Å²) in [6.45, 7) is 5.77. The van der Waals surface area contributed by atoms with Crippen LogP contribution in [0.5, 0.6) is 0 Å². The van der Waals surface area contributed by atoms with E-state index in [9.17, 15) is 8.42 Å². The van der Waals surface area contributed by atoms with Crippen molar-refractivity contribution in [2.24, 2.45) is 0 Å². The number of ether oxygens (including phenoxy) is 1. The topological polar surface area (TPSA) is 84.7 Å². The second-order valence-corrected chi connectivity index (χ2v) is 8.93. The van der Waals surface area contributed by atoms with Gasteiger partial charge in [0.2, 0.25) is 10.0 Å². The lowest BCUT2D eigenvalue weighted by Crippen LogP contribution is -2.39. The minimum Gasteiger partial charge on any atom is -0.379 e. The molecule has 2 aliphatic rings. The van der Waals surface area contributed by atoms with Gasteiger partial charge in [-0.05, 0) is 31.4 Å². The van der Waals surface area contributed by atoms with E-state index in [0.29, 0.717) is 24.2 Å². The molecule has 1 aliphatic heterocycles. The Labute approximate surface area is 159 Å². The Bertz CT molecular complexity index is 903. The van der Waals surface area contributed by atoms with Gasteiger partial charge in [0.05, 0.1) is 18.1 Å². The molecule has 7 nitrogen and oxygen atoms in total. The first-order valence-electron chi connectivity index (χ1n) is 9.37. The molecular weight excluding hydrogens is 366 g/mol. The third-order valence-electron chi connectivity index (χ3n) is 5.30. The number of nitrogens with zero attached hydrogens (tertiary/aromatic N) is 2. The lowest BCUT2D eigenvalue weighted by molar-refractivity contribution is 0.0331. The summed E-state index contributed by atoms with van der Waals surface area (Å²) in [5, 5.41) is 4.26. The Kier molecular flexibility index (Phi) is 5.32. The molecule has 1 aromatic carbocycles. The molecule has 8 heteroatoms. The highest BCUT2D eigenvalue weighted by molar-refractivity contribution is 7.89. The highest BCUT2D eigenvalue weighted by atomic mass is 32.2. The minimum atomic E-state index is -3.54. The van der Waals surface area contributed by atoms with Crippen LogP contribution in [-0.4, -0.2) is 50.8 Å². The lowest BCUT2D eigenvalue weighted by atomic mass is 9.92. The number of hydrogen-bond acceptors (Lipinski definition) is 6. The average molecular weight is 391 g/mol. The van der Waals surface area contributed by atoms with Gasteiger partial charge in [0.1, 0.15) is 11.5 Å². The number of sulfonamides is 1. The Morgan fingerprint density at radius 2 is 2.04 bits per heavy atom. The van der Waals surface area contributed by atoms with Gasteiger partial charge in [-0.2, -0.15) is 0 Å². The monoisotopic (exact) mass is 391 g/mol.